The van der Waals surface area contributed by atoms with Crippen molar-refractivity contribution in [2.75, 3.05) is 6.61 Å². The fourth-order valence-corrected chi connectivity index (χ4v) is 4.27. The maximum Gasteiger partial charge on any atom is 0.341 e. The van der Waals surface area contributed by atoms with Gasteiger partial charge in [0.25, 0.3) is 11.5 Å². The van der Waals surface area contributed by atoms with E-state index in [1.165, 1.54) is 10.5 Å². The number of pyridine rings is 2. The Hall–Kier alpha value is -3.30. The summed E-state index contributed by atoms with van der Waals surface area (Å²) < 4.78 is 8.93. The number of nitrogens with zero attached hydrogens (tertiary/aromatic N) is 4. The van der Waals surface area contributed by atoms with Gasteiger partial charge < -0.3 is 9.30 Å². The van der Waals surface area contributed by atoms with Crippen LogP contribution in [0.25, 0.3) is 16.7 Å². The molecule has 1 amide bonds. The summed E-state index contributed by atoms with van der Waals surface area (Å²) in [5.41, 5.74) is 0.612. The third kappa shape index (κ3) is 4.92. The Balaban J connectivity index is 2.15. The highest BCUT2D eigenvalue weighted by Crippen LogP contribution is 2.22. The minimum atomic E-state index is -0.698. The fraction of sp³-hybridized carbons (Fsp3) is 0.240. The lowest BCUT2D eigenvalue weighted by atomic mass is 10.1. The second kappa shape index (κ2) is 10.1. The van der Waals surface area contributed by atoms with Gasteiger partial charge in [-0.2, -0.15) is 4.99 Å². The van der Waals surface area contributed by atoms with Crippen LogP contribution in [0.2, 0.25) is 5.02 Å². The number of carbonyl (C=O) groups is 2. The Kier molecular flexibility index (Phi) is 7.18. The highest BCUT2D eigenvalue weighted by molar-refractivity contribution is 9.10. The second-order valence-corrected chi connectivity index (χ2v) is 9.55. The van der Waals surface area contributed by atoms with E-state index in [4.69, 9.17) is 16.3 Å². The number of aromatic nitrogens is 3. The summed E-state index contributed by atoms with van der Waals surface area (Å²) in [6, 6.07) is 11.5. The third-order valence-corrected chi connectivity index (χ3v) is 6.02. The van der Waals surface area contributed by atoms with E-state index >= 15 is 0 Å². The molecule has 0 saturated heterocycles. The molecule has 1 aromatic carbocycles. The van der Waals surface area contributed by atoms with E-state index in [1.54, 1.807) is 54.1 Å². The molecular weight excluding hydrogens is 536 g/mol. The molecule has 10 heteroatoms. The van der Waals surface area contributed by atoms with Crippen molar-refractivity contribution in [3.63, 3.8) is 0 Å². The molecule has 0 spiro atoms. The van der Waals surface area contributed by atoms with Crippen molar-refractivity contribution in [3.8, 4) is 0 Å². The topological polar surface area (TPSA) is 95.0 Å². The van der Waals surface area contributed by atoms with Gasteiger partial charge in [-0.25, -0.2) is 9.78 Å². The zero-order valence-corrected chi connectivity index (χ0v) is 21.6. The summed E-state index contributed by atoms with van der Waals surface area (Å²) in [7, 11) is 0. The summed E-state index contributed by atoms with van der Waals surface area (Å²) >= 11 is 9.60. The molecule has 35 heavy (non-hydrogen) atoms. The Bertz CT molecular complexity index is 1610. The van der Waals surface area contributed by atoms with Crippen LogP contribution in [-0.4, -0.2) is 32.4 Å². The lowest BCUT2D eigenvalue weighted by Gasteiger charge is -2.16. The standard InChI is InChI=1S/C25H22BrClN4O4/c1-4-35-25(34)18-12-17-21(28-20-7-5-6-10-30(20)24(17)33)31(13-14(2)3)22(18)29-23(32)16-11-15(26)8-9-19(16)27/h5-12,14H,4,13H2,1-3H3. The average Bonchev–Trinajstić information content (AvgIpc) is 2.82. The first-order valence-corrected chi connectivity index (χ1v) is 12.1. The fourth-order valence-electron chi connectivity index (χ4n) is 3.71. The van der Waals surface area contributed by atoms with Gasteiger partial charge in [-0.1, -0.05) is 47.4 Å². The molecule has 0 atom stereocenters. The molecule has 0 radical (unpaired) electrons. The second-order valence-electron chi connectivity index (χ2n) is 8.23. The Morgan fingerprint density at radius 1 is 1.17 bits per heavy atom. The highest BCUT2D eigenvalue weighted by Gasteiger charge is 2.21. The maximum absolute atomic E-state index is 13.3. The average molecular weight is 558 g/mol. The van der Waals surface area contributed by atoms with Crippen molar-refractivity contribution < 1.29 is 14.3 Å². The van der Waals surface area contributed by atoms with Gasteiger partial charge >= 0.3 is 5.97 Å². The van der Waals surface area contributed by atoms with Crippen LogP contribution in [0, 0.1) is 5.92 Å². The molecule has 4 aromatic rings. The molecule has 0 fully saturated rings. The van der Waals surface area contributed by atoms with Crippen molar-refractivity contribution in [3.05, 3.63) is 85.1 Å². The van der Waals surface area contributed by atoms with Gasteiger partial charge in [0, 0.05) is 17.2 Å². The summed E-state index contributed by atoms with van der Waals surface area (Å²) in [4.78, 5) is 48.6. The largest absolute Gasteiger partial charge is 0.462 e. The zero-order chi connectivity index (χ0) is 25.3. The molecule has 8 nitrogen and oxygen atoms in total. The molecule has 0 aliphatic carbocycles. The molecular formula is C25H22BrClN4O4. The molecule has 3 aromatic heterocycles. The Labute approximate surface area is 214 Å². The minimum absolute atomic E-state index is 0.00532. The predicted octanol–water partition coefficient (Wildman–Crippen LogP) is 4.64. The molecule has 0 aliphatic rings. The van der Waals surface area contributed by atoms with Gasteiger partial charge in [0.1, 0.15) is 16.9 Å². The summed E-state index contributed by atoms with van der Waals surface area (Å²) in [6.07, 6.45) is 1.61. The smallest absolute Gasteiger partial charge is 0.341 e. The van der Waals surface area contributed by atoms with Gasteiger partial charge in [-0.3, -0.25) is 14.0 Å². The first-order chi connectivity index (χ1) is 16.7. The van der Waals surface area contributed by atoms with E-state index in [2.05, 4.69) is 25.9 Å². The van der Waals surface area contributed by atoms with Crippen LogP contribution < -0.4 is 11.0 Å². The van der Waals surface area contributed by atoms with Crippen LogP contribution in [0.15, 0.2) is 62.9 Å². The van der Waals surface area contributed by atoms with Crippen LogP contribution in [0.5, 0.6) is 0 Å². The van der Waals surface area contributed by atoms with Crippen LogP contribution in [0.1, 0.15) is 41.5 Å². The van der Waals surface area contributed by atoms with Gasteiger partial charge in [-0.15, -0.1) is 0 Å². The molecule has 0 aliphatic heterocycles. The molecule has 0 saturated carbocycles. The summed E-state index contributed by atoms with van der Waals surface area (Å²) in [6.45, 7) is 6.08. The number of rotatable bonds is 5. The first-order valence-electron chi connectivity index (χ1n) is 11.0. The maximum atomic E-state index is 13.3. The highest BCUT2D eigenvalue weighted by atomic mass is 79.9. The van der Waals surface area contributed by atoms with Crippen molar-refractivity contribution in [1.29, 1.82) is 0 Å². The Morgan fingerprint density at radius 2 is 1.94 bits per heavy atom. The number of hydrogen-bond donors (Lipinski definition) is 0. The van der Waals surface area contributed by atoms with Crippen molar-refractivity contribution in [2.24, 2.45) is 10.9 Å². The molecule has 0 N–H and O–H groups in total. The minimum Gasteiger partial charge on any atom is -0.462 e. The molecule has 0 bridgehead atoms. The molecule has 4 rings (SSSR count). The van der Waals surface area contributed by atoms with Crippen molar-refractivity contribution in [2.45, 2.75) is 27.3 Å². The first kappa shape index (κ1) is 24.8. The van der Waals surface area contributed by atoms with Crippen LogP contribution in [0.3, 0.4) is 0 Å². The van der Waals surface area contributed by atoms with E-state index in [-0.39, 0.29) is 45.1 Å². The van der Waals surface area contributed by atoms with Gasteiger partial charge in [0.2, 0.25) is 0 Å². The van der Waals surface area contributed by atoms with E-state index in [0.717, 1.165) is 0 Å². The number of carbonyl (C=O) groups excluding carboxylic acids is 2. The van der Waals surface area contributed by atoms with Gasteiger partial charge in [0.05, 0.1) is 22.6 Å². The predicted molar refractivity (Wildman–Crippen MR) is 137 cm³/mol. The Morgan fingerprint density at radius 3 is 2.66 bits per heavy atom. The van der Waals surface area contributed by atoms with Crippen molar-refractivity contribution in [1.82, 2.24) is 14.0 Å². The number of hydrogen-bond acceptors (Lipinski definition) is 5. The number of halogens is 2. The van der Waals surface area contributed by atoms with Crippen LogP contribution in [-0.2, 0) is 11.3 Å². The lowest BCUT2D eigenvalue weighted by Crippen LogP contribution is -2.33. The number of esters is 1. The molecule has 180 valence electrons. The van der Waals surface area contributed by atoms with E-state index in [9.17, 15) is 14.4 Å². The number of benzene rings is 1. The van der Waals surface area contributed by atoms with E-state index in [0.29, 0.717) is 22.3 Å². The van der Waals surface area contributed by atoms with Gasteiger partial charge in [-0.05, 0) is 49.2 Å². The third-order valence-electron chi connectivity index (χ3n) is 5.20. The number of fused-ring (bicyclic) bond motifs is 2. The monoisotopic (exact) mass is 556 g/mol. The SMILES string of the molecule is CCOC(=O)c1cc2c(=O)n3ccccc3nc2n(CC(C)C)c1=NC(=O)c1cc(Br)ccc1Cl. The van der Waals surface area contributed by atoms with E-state index < -0.39 is 11.9 Å². The van der Waals surface area contributed by atoms with Crippen LogP contribution >= 0.6 is 27.5 Å². The van der Waals surface area contributed by atoms with Gasteiger partial charge in [0.15, 0.2) is 5.49 Å². The number of ether oxygens (including phenoxy) is 1. The van der Waals surface area contributed by atoms with Crippen molar-refractivity contribution >= 4 is 56.1 Å². The normalized spacial score (nSPS) is 12.0. The molecule has 3 heterocycles. The summed E-state index contributed by atoms with van der Waals surface area (Å²) in [5, 5.41) is 0.433. The van der Waals surface area contributed by atoms with Crippen LogP contribution in [0.4, 0.5) is 0 Å². The quantitative estimate of drug-likeness (QED) is 0.263. The molecule has 0 unspecified atom stereocenters. The van der Waals surface area contributed by atoms with E-state index in [1.807, 2.05) is 13.8 Å². The zero-order valence-electron chi connectivity index (χ0n) is 19.3. The summed E-state index contributed by atoms with van der Waals surface area (Å²) in [5.74, 6) is -1.26. The number of amides is 1. The lowest BCUT2D eigenvalue weighted by molar-refractivity contribution is 0.0523.